The number of carbonyl (C=O) groups excluding carboxylic acids is 4. The number of amides is 4. The number of hydrogen-bond acceptors (Lipinski definition) is 5. The Balaban J connectivity index is 1.49. The van der Waals surface area contributed by atoms with Crippen molar-refractivity contribution in [2.75, 3.05) is 51.7 Å². The van der Waals surface area contributed by atoms with E-state index in [1.54, 1.807) is 43.3 Å². The number of carbonyl (C=O) groups is 4. The van der Waals surface area contributed by atoms with E-state index in [0.717, 1.165) is 18.4 Å². The van der Waals surface area contributed by atoms with Gasteiger partial charge in [0.1, 0.15) is 0 Å². The smallest absolute Gasteiger partial charge is 0.316 e. The number of halogens is 2. The van der Waals surface area contributed by atoms with Crippen LogP contribution in [-0.4, -0.2) is 85.1 Å². The standard InChI is InChI=1S/C39H47Cl2N5O4/c1-6-46(30-13-8-7-9-14-30)37(50)36(49)44(5)39(26-43(4)35(48)27(2)3,29-16-17-32(40)33(41)25-29)20-23-45-21-18-38(19-22-45)31-15-11-10-12-28(31)24-34(47)42-38/h7-17,25,27H,6,18-24,26H2,1-5H3,(H,42,47)/t39-/m1/s1. The Morgan fingerprint density at radius 2 is 1.58 bits per heavy atom. The van der Waals surface area contributed by atoms with Gasteiger partial charge < -0.3 is 24.9 Å². The number of nitrogens with zero attached hydrogens (tertiary/aromatic N) is 4. The summed E-state index contributed by atoms with van der Waals surface area (Å²) in [5, 5.41) is 3.98. The second-order valence-corrected chi connectivity index (χ2v) is 14.6. The van der Waals surface area contributed by atoms with Crippen molar-refractivity contribution in [2.24, 2.45) is 5.92 Å². The molecule has 2 heterocycles. The highest BCUT2D eigenvalue weighted by Gasteiger charge is 2.46. The maximum Gasteiger partial charge on any atom is 0.316 e. The minimum Gasteiger partial charge on any atom is -0.346 e. The van der Waals surface area contributed by atoms with Crippen LogP contribution < -0.4 is 10.2 Å². The van der Waals surface area contributed by atoms with Crippen LogP contribution in [0.25, 0.3) is 0 Å². The molecule has 3 aromatic rings. The van der Waals surface area contributed by atoms with Crippen molar-refractivity contribution >= 4 is 52.5 Å². The summed E-state index contributed by atoms with van der Waals surface area (Å²) in [5.41, 5.74) is 1.96. The highest BCUT2D eigenvalue weighted by molar-refractivity contribution is 6.42. The summed E-state index contributed by atoms with van der Waals surface area (Å²) in [6.45, 7) is 7.89. The molecular weight excluding hydrogens is 673 g/mol. The molecule has 1 N–H and O–H groups in total. The van der Waals surface area contributed by atoms with E-state index >= 15 is 0 Å². The highest BCUT2D eigenvalue weighted by Crippen LogP contribution is 2.40. The summed E-state index contributed by atoms with van der Waals surface area (Å²) in [6, 6.07) is 22.5. The van der Waals surface area contributed by atoms with E-state index in [2.05, 4.69) is 16.3 Å². The third-order valence-electron chi connectivity index (χ3n) is 10.4. The Morgan fingerprint density at radius 1 is 0.920 bits per heavy atom. The molecule has 1 fully saturated rings. The Kier molecular flexibility index (Phi) is 11.6. The van der Waals surface area contributed by atoms with Crippen LogP contribution in [0, 0.1) is 5.92 Å². The number of rotatable bonds is 10. The van der Waals surface area contributed by atoms with Gasteiger partial charge in [0.05, 0.1) is 27.5 Å². The van der Waals surface area contributed by atoms with Crippen LogP contribution >= 0.6 is 23.2 Å². The molecule has 1 atom stereocenters. The number of nitrogens with one attached hydrogen (secondary N) is 1. The van der Waals surface area contributed by atoms with Crippen LogP contribution in [0.1, 0.15) is 56.7 Å². The fourth-order valence-corrected chi connectivity index (χ4v) is 7.87. The van der Waals surface area contributed by atoms with E-state index < -0.39 is 22.9 Å². The van der Waals surface area contributed by atoms with Crippen LogP contribution in [0.3, 0.4) is 0 Å². The maximum absolute atomic E-state index is 14.4. The average molecular weight is 721 g/mol. The van der Waals surface area contributed by atoms with E-state index in [9.17, 15) is 19.2 Å². The van der Waals surface area contributed by atoms with Crippen LogP contribution in [0.2, 0.25) is 10.0 Å². The normalized spacial score (nSPS) is 16.7. The van der Waals surface area contributed by atoms with Gasteiger partial charge in [-0.15, -0.1) is 0 Å². The van der Waals surface area contributed by atoms with Gasteiger partial charge in [0, 0.05) is 58.4 Å². The molecule has 9 nitrogen and oxygen atoms in total. The molecule has 0 radical (unpaired) electrons. The minimum atomic E-state index is -1.16. The van der Waals surface area contributed by atoms with E-state index in [1.807, 2.05) is 63.2 Å². The molecule has 50 heavy (non-hydrogen) atoms. The fourth-order valence-electron chi connectivity index (χ4n) is 7.57. The van der Waals surface area contributed by atoms with Crippen molar-refractivity contribution in [3.63, 3.8) is 0 Å². The van der Waals surface area contributed by atoms with Gasteiger partial charge in [0.15, 0.2) is 0 Å². The summed E-state index contributed by atoms with van der Waals surface area (Å²) in [4.78, 5) is 61.5. The molecule has 3 aromatic carbocycles. The zero-order valence-electron chi connectivity index (χ0n) is 29.5. The summed E-state index contributed by atoms with van der Waals surface area (Å²) in [6.07, 6.45) is 2.24. The van der Waals surface area contributed by atoms with Crippen LogP contribution in [0.15, 0.2) is 72.8 Å². The lowest BCUT2D eigenvalue weighted by Crippen LogP contribution is -2.59. The second kappa shape index (κ2) is 15.5. The molecule has 4 amide bonds. The van der Waals surface area contributed by atoms with Gasteiger partial charge in [-0.25, -0.2) is 0 Å². The van der Waals surface area contributed by atoms with Gasteiger partial charge >= 0.3 is 11.8 Å². The third kappa shape index (κ3) is 7.55. The number of likely N-dealkylation sites (N-methyl/N-ethyl adjacent to an activating group) is 3. The summed E-state index contributed by atoms with van der Waals surface area (Å²) in [5.74, 6) is -1.71. The van der Waals surface area contributed by atoms with E-state index in [0.29, 0.717) is 60.3 Å². The first-order chi connectivity index (χ1) is 23.8. The zero-order chi connectivity index (χ0) is 36.2. The zero-order valence-corrected chi connectivity index (χ0v) is 31.1. The van der Waals surface area contributed by atoms with Gasteiger partial charge in [0.2, 0.25) is 11.8 Å². The highest BCUT2D eigenvalue weighted by atomic mass is 35.5. The Labute approximate surface area is 305 Å². The number of likely N-dealkylation sites (tertiary alicyclic amines) is 1. The van der Waals surface area contributed by atoms with Gasteiger partial charge in [-0.2, -0.15) is 0 Å². The molecule has 0 saturated carbocycles. The van der Waals surface area contributed by atoms with Crippen molar-refractivity contribution in [1.82, 2.24) is 20.0 Å². The molecule has 0 aromatic heterocycles. The molecular formula is C39H47Cl2N5O4. The van der Waals surface area contributed by atoms with Crippen molar-refractivity contribution < 1.29 is 19.2 Å². The SMILES string of the molecule is CCN(C(=O)C(=O)N(C)[C@](CCN1CCC2(CC1)NC(=O)Cc1ccccc12)(CN(C)C(=O)C(C)C)c1ccc(Cl)c(Cl)c1)c1ccccc1. The quantitative estimate of drug-likeness (QED) is 0.265. The maximum atomic E-state index is 14.4. The third-order valence-corrected chi connectivity index (χ3v) is 11.1. The number of hydrogen-bond donors (Lipinski definition) is 1. The number of anilines is 1. The molecule has 0 bridgehead atoms. The molecule has 2 aliphatic heterocycles. The Morgan fingerprint density at radius 3 is 2.22 bits per heavy atom. The first-order valence-electron chi connectivity index (χ1n) is 17.3. The molecule has 0 unspecified atom stereocenters. The fraction of sp³-hybridized carbons (Fsp3) is 0.436. The number of para-hydroxylation sites is 1. The van der Waals surface area contributed by atoms with Crippen molar-refractivity contribution in [2.45, 2.75) is 57.5 Å². The van der Waals surface area contributed by atoms with Gasteiger partial charge in [0.25, 0.3) is 0 Å². The van der Waals surface area contributed by atoms with E-state index in [-0.39, 0.29) is 24.3 Å². The molecule has 2 aliphatic rings. The van der Waals surface area contributed by atoms with Gasteiger partial charge in [-0.1, -0.05) is 85.6 Å². The lowest BCUT2D eigenvalue weighted by Gasteiger charge is -2.48. The Hall–Kier alpha value is -3.92. The van der Waals surface area contributed by atoms with Crippen molar-refractivity contribution in [3.05, 3.63) is 99.5 Å². The summed E-state index contributed by atoms with van der Waals surface area (Å²) < 4.78 is 0. The lowest BCUT2D eigenvalue weighted by atomic mass is 9.75. The Bertz CT molecular complexity index is 1730. The molecule has 11 heteroatoms. The van der Waals surface area contributed by atoms with Gasteiger partial charge in [-0.3, -0.25) is 19.2 Å². The van der Waals surface area contributed by atoms with E-state index in [1.165, 1.54) is 15.4 Å². The largest absolute Gasteiger partial charge is 0.346 e. The first-order valence-corrected chi connectivity index (χ1v) is 18.0. The monoisotopic (exact) mass is 719 g/mol. The first kappa shape index (κ1) is 37.3. The number of piperidine rings is 1. The molecule has 0 aliphatic carbocycles. The van der Waals surface area contributed by atoms with Crippen LogP contribution in [0.4, 0.5) is 5.69 Å². The second-order valence-electron chi connectivity index (χ2n) is 13.8. The van der Waals surface area contributed by atoms with Crippen molar-refractivity contribution in [3.8, 4) is 0 Å². The minimum absolute atomic E-state index is 0.0371. The average Bonchev–Trinajstić information content (AvgIpc) is 3.11. The summed E-state index contributed by atoms with van der Waals surface area (Å²) >= 11 is 13.0. The van der Waals surface area contributed by atoms with Crippen LogP contribution in [0.5, 0.6) is 0 Å². The number of benzene rings is 3. The molecule has 1 saturated heterocycles. The predicted octanol–water partition coefficient (Wildman–Crippen LogP) is 5.87. The predicted molar refractivity (Wildman–Crippen MR) is 198 cm³/mol. The molecule has 266 valence electrons. The van der Waals surface area contributed by atoms with E-state index in [4.69, 9.17) is 23.2 Å². The molecule has 5 rings (SSSR count). The number of fused-ring (bicyclic) bond motifs is 2. The molecule has 1 spiro atoms. The summed E-state index contributed by atoms with van der Waals surface area (Å²) in [7, 11) is 3.36. The topological polar surface area (TPSA) is 93.3 Å². The van der Waals surface area contributed by atoms with Gasteiger partial charge in [-0.05, 0) is 67.1 Å². The lowest BCUT2D eigenvalue weighted by molar-refractivity contribution is -0.150. The van der Waals surface area contributed by atoms with Crippen molar-refractivity contribution in [1.29, 1.82) is 0 Å². The van der Waals surface area contributed by atoms with Crippen LogP contribution in [-0.2, 0) is 36.7 Å².